The van der Waals surface area contributed by atoms with Crippen molar-refractivity contribution in [2.24, 2.45) is 5.92 Å². The molecule has 1 unspecified atom stereocenters. The monoisotopic (exact) mass is 975 g/mol. The number of hydrogen-bond donors (Lipinski definition) is 0. The number of nitrogens with zero attached hydrogens (tertiary/aromatic N) is 2. The van der Waals surface area contributed by atoms with Crippen LogP contribution in [-0.2, 0) is 28.7 Å². The second-order valence-corrected chi connectivity index (χ2v) is 21.7. The summed E-state index contributed by atoms with van der Waals surface area (Å²) in [6.07, 6.45) is 45.0. The van der Waals surface area contributed by atoms with Crippen molar-refractivity contribution >= 4 is 23.6 Å². The molecular weight excluding hydrogens is 857 g/mol. The van der Waals surface area contributed by atoms with Gasteiger partial charge in [0.2, 0.25) is 5.91 Å². The minimum atomic E-state index is -0.0385. The summed E-state index contributed by atoms with van der Waals surface area (Å²) < 4.78 is 11.8. The maximum atomic E-state index is 14.1. The summed E-state index contributed by atoms with van der Waals surface area (Å²) in [4.78, 5) is 56.8. The van der Waals surface area contributed by atoms with Gasteiger partial charge in [-0.25, -0.2) is 0 Å². The molecule has 0 N–H and O–H groups in total. The van der Waals surface area contributed by atoms with Gasteiger partial charge in [-0.05, 0) is 97.2 Å². The van der Waals surface area contributed by atoms with E-state index in [0.717, 1.165) is 199 Å². The van der Waals surface area contributed by atoms with E-state index in [1.54, 1.807) is 0 Å². The van der Waals surface area contributed by atoms with E-state index in [0.29, 0.717) is 36.9 Å². The first-order chi connectivity index (χ1) is 33.5. The minimum absolute atomic E-state index is 0.0148. The Morgan fingerprint density at radius 2 is 0.710 bits per heavy atom. The van der Waals surface area contributed by atoms with Crippen molar-refractivity contribution in [3.05, 3.63) is 0 Å². The molecule has 0 spiro atoms. The third kappa shape index (κ3) is 42.3. The van der Waals surface area contributed by atoms with Crippen LogP contribution in [0.3, 0.4) is 0 Å². The van der Waals surface area contributed by atoms with Crippen molar-refractivity contribution in [1.82, 2.24) is 9.80 Å². The van der Waals surface area contributed by atoms with Gasteiger partial charge in [-0.2, -0.15) is 0 Å². The molecule has 8 nitrogen and oxygen atoms in total. The van der Waals surface area contributed by atoms with Crippen LogP contribution in [0.25, 0.3) is 0 Å². The Morgan fingerprint density at radius 3 is 1.10 bits per heavy atom. The fraction of sp³-hybridized carbons (Fsp3) is 0.934. The summed E-state index contributed by atoms with van der Waals surface area (Å²) in [5.41, 5.74) is 0. The number of hydrogen-bond acceptors (Lipinski definition) is 7. The molecule has 69 heavy (non-hydrogen) atoms. The van der Waals surface area contributed by atoms with Crippen molar-refractivity contribution in [2.45, 2.75) is 336 Å². The zero-order valence-electron chi connectivity index (χ0n) is 47.5. The van der Waals surface area contributed by atoms with E-state index in [1.165, 1.54) is 70.6 Å². The van der Waals surface area contributed by atoms with Gasteiger partial charge in [0.15, 0.2) is 0 Å². The Morgan fingerprint density at radius 1 is 0.362 bits per heavy atom. The number of ether oxygens (including phenoxy) is 2. The smallest absolute Gasteiger partial charge is 0.306 e. The van der Waals surface area contributed by atoms with E-state index >= 15 is 0 Å². The lowest BCUT2D eigenvalue weighted by molar-refractivity contribution is -0.151. The van der Waals surface area contributed by atoms with E-state index in [9.17, 15) is 19.2 Å². The standard InChI is InChI=1S/C61H118N2O6/c1-9-15-39-54(40-16-10-2)53-56(64)43-34-28-23-21-26-32-41-55(42-33-27-22-24-30-36-49-60(66)68-57(44-17-11-3)45-18-12-4)63(52-38-51-62(7)8)59(65)48-35-29-25-31-37-50-61(67)69-58(46-19-13-5)47-20-14-6/h54-55,57-58H,9-53H2,1-8H3. The minimum Gasteiger partial charge on any atom is -0.462 e. The average Bonchev–Trinajstić information content (AvgIpc) is 3.33. The lowest BCUT2D eigenvalue weighted by Crippen LogP contribution is -2.41. The van der Waals surface area contributed by atoms with Crippen molar-refractivity contribution in [3.8, 4) is 0 Å². The van der Waals surface area contributed by atoms with Crippen LogP contribution in [0, 0.1) is 5.92 Å². The van der Waals surface area contributed by atoms with Gasteiger partial charge < -0.3 is 19.3 Å². The summed E-state index contributed by atoms with van der Waals surface area (Å²) in [6.45, 7) is 15.1. The van der Waals surface area contributed by atoms with Crippen LogP contribution in [0.1, 0.15) is 318 Å². The van der Waals surface area contributed by atoms with Crippen LogP contribution in [0.5, 0.6) is 0 Å². The number of esters is 2. The number of carbonyl (C=O) groups excluding carboxylic acids is 4. The van der Waals surface area contributed by atoms with Gasteiger partial charge in [0.05, 0.1) is 0 Å². The van der Waals surface area contributed by atoms with Crippen LogP contribution in [-0.4, -0.2) is 78.9 Å². The van der Waals surface area contributed by atoms with Crippen LogP contribution in [0.4, 0.5) is 0 Å². The molecule has 1 amide bonds. The Balaban J connectivity index is 5.25. The van der Waals surface area contributed by atoms with Crippen LogP contribution < -0.4 is 0 Å². The highest BCUT2D eigenvalue weighted by atomic mass is 16.5. The number of unbranched alkanes of at least 4 members (excludes halogenated alkanes) is 20. The lowest BCUT2D eigenvalue weighted by atomic mass is 9.90. The number of Topliss-reactive ketones (excluding diaryl/α,β-unsaturated/α-hetero) is 1. The molecule has 0 rings (SSSR count). The van der Waals surface area contributed by atoms with Crippen LogP contribution in [0.2, 0.25) is 0 Å². The SMILES string of the molecule is CCCCC(CCCC)CC(=O)CCCCCCCCC(CCCCCCCCC(=O)OC(CCCC)CCCC)N(CCCN(C)C)C(=O)CCCCCCCC(=O)OC(CCCC)CCCC. The molecule has 0 aliphatic carbocycles. The number of ketones is 1. The van der Waals surface area contributed by atoms with Gasteiger partial charge >= 0.3 is 11.9 Å². The maximum Gasteiger partial charge on any atom is 0.306 e. The Hall–Kier alpha value is -1.96. The molecule has 8 heteroatoms. The Kier molecular flexibility index (Phi) is 48.2. The molecule has 0 fully saturated rings. The molecule has 1 atom stereocenters. The number of amides is 1. The van der Waals surface area contributed by atoms with Crippen molar-refractivity contribution in [1.29, 1.82) is 0 Å². The van der Waals surface area contributed by atoms with Crippen LogP contribution >= 0.6 is 0 Å². The summed E-state index contributed by atoms with van der Waals surface area (Å²) >= 11 is 0. The van der Waals surface area contributed by atoms with E-state index in [-0.39, 0.29) is 30.2 Å². The molecule has 0 aromatic rings. The fourth-order valence-corrected chi connectivity index (χ4v) is 10.0. The van der Waals surface area contributed by atoms with E-state index < -0.39 is 0 Å². The van der Waals surface area contributed by atoms with Crippen LogP contribution in [0.15, 0.2) is 0 Å². The molecule has 0 aromatic heterocycles. The van der Waals surface area contributed by atoms with E-state index in [4.69, 9.17) is 9.47 Å². The van der Waals surface area contributed by atoms with Crippen molar-refractivity contribution in [2.75, 3.05) is 27.2 Å². The second-order valence-electron chi connectivity index (χ2n) is 21.7. The Labute approximate surface area is 429 Å². The van der Waals surface area contributed by atoms with Gasteiger partial charge in [0.25, 0.3) is 0 Å². The van der Waals surface area contributed by atoms with E-state index in [1.807, 2.05) is 0 Å². The normalized spacial score (nSPS) is 12.2. The zero-order chi connectivity index (χ0) is 51.0. The maximum absolute atomic E-state index is 14.1. The third-order valence-electron chi connectivity index (χ3n) is 14.5. The highest BCUT2D eigenvalue weighted by Crippen LogP contribution is 2.24. The van der Waals surface area contributed by atoms with E-state index in [2.05, 4.69) is 65.4 Å². The zero-order valence-corrected chi connectivity index (χ0v) is 47.5. The summed E-state index contributed by atoms with van der Waals surface area (Å²) in [5, 5.41) is 0. The fourth-order valence-electron chi connectivity index (χ4n) is 10.0. The van der Waals surface area contributed by atoms with Gasteiger partial charge in [0, 0.05) is 44.7 Å². The number of rotatable bonds is 53. The van der Waals surface area contributed by atoms with Gasteiger partial charge in [-0.3, -0.25) is 19.2 Å². The molecule has 0 saturated carbocycles. The molecule has 0 heterocycles. The predicted octanol–water partition coefficient (Wildman–Crippen LogP) is 17.6. The first kappa shape index (κ1) is 67.0. The largest absolute Gasteiger partial charge is 0.462 e. The molecule has 0 radical (unpaired) electrons. The quantitative estimate of drug-likeness (QED) is 0.0443. The summed E-state index contributed by atoms with van der Waals surface area (Å²) in [5.74, 6) is 1.33. The number of carbonyl (C=O) groups is 4. The van der Waals surface area contributed by atoms with Crippen molar-refractivity contribution in [3.63, 3.8) is 0 Å². The molecule has 0 bridgehead atoms. The molecular formula is C61H118N2O6. The molecule has 0 aliphatic rings. The van der Waals surface area contributed by atoms with Gasteiger partial charge in [0.1, 0.15) is 18.0 Å². The summed E-state index contributed by atoms with van der Waals surface area (Å²) in [6, 6.07) is 0.276. The topological polar surface area (TPSA) is 93.2 Å². The highest BCUT2D eigenvalue weighted by molar-refractivity contribution is 5.78. The molecule has 0 aromatic carbocycles. The predicted molar refractivity (Wildman–Crippen MR) is 295 cm³/mol. The summed E-state index contributed by atoms with van der Waals surface area (Å²) in [7, 11) is 4.24. The first-order valence-corrected chi connectivity index (χ1v) is 30.4. The third-order valence-corrected chi connectivity index (χ3v) is 14.5. The van der Waals surface area contributed by atoms with Gasteiger partial charge in [-0.15, -0.1) is 0 Å². The highest BCUT2D eigenvalue weighted by Gasteiger charge is 2.23. The van der Waals surface area contributed by atoms with Gasteiger partial charge in [-0.1, -0.05) is 215 Å². The Bertz CT molecular complexity index is 1100. The second kappa shape index (κ2) is 49.6. The average molecular weight is 976 g/mol. The van der Waals surface area contributed by atoms with Crippen molar-refractivity contribution < 1.29 is 28.7 Å². The molecule has 0 aliphatic heterocycles. The lowest BCUT2D eigenvalue weighted by Gasteiger charge is -2.33. The molecule has 408 valence electrons. The first-order valence-electron chi connectivity index (χ1n) is 30.4. The molecule has 0 saturated heterocycles.